The van der Waals surface area contributed by atoms with Gasteiger partial charge in [0.25, 0.3) is 0 Å². The fraction of sp³-hybridized carbons (Fsp3) is 0.571. The molecule has 1 aromatic rings. The van der Waals surface area contributed by atoms with Gasteiger partial charge in [0, 0.05) is 6.04 Å². The molecule has 2 fully saturated rings. The van der Waals surface area contributed by atoms with Crippen molar-refractivity contribution < 1.29 is 8.42 Å². The molecule has 0 aromatic heterocycles. The molecule has 0 unspecified atom stereocenters. The van der Waals surface area contributed by atoms with Crippen molar-refractivity contribution in [3.63, 3.8) is 0 Å². The first-order valence-corrected chi connectivity index (χ1v) is 8.12. The monoisotopic (exact) mass is 265 g/mol. The minimum absolute atomic E-state index is 0.161. The standard InChI is InChI=1S/C14H19NO2S/c1-10-4-2-3-5-14(10)18(16,17)15-13-9-11-6-7-12(13)8-11/h2-5,11-13,15H,6-9H2,1H3/t11-,12+,13+/m1/s1. The second-order valence-corrected chi connectivity index (χ2v) is 7.35. The summed E-state index contributed by atoms with van der Waals surface area (Å²) in [7, 11) is -3.35. The second kappa shape index (κ2) is 4.35. The summed E-state index contributed by atoms with van der Waals surface area (Å²) in [5, 5.41) is 0. The molecule has 0 heterocycles. The molecule has 2 saturated carbocycles. The van der Waals surface area contributed by atoms with Crippen molar-refractivity contribution in [3.05, 3.63) is 29.8 Å². The van der Waals surface area contributed by atoms with Gasteiger partial charge in [0.1, 0.15) is 0 Å². The van der Waals surface area contributed by atoms with Crippen molar-refractivity contribution in [2.45, 2.75) is 43.5 Å². The molecule has 18 heavy (non-hydrogen) atoms. The lowest BCUT2D eigenvalue weighted by Crippen LogP contribution is -2.38. The summed E-state index contributed by atoms with van der Waals surface area (Å²) in [5.41, 5.74) is 0.813. The summed E-state index contributed by atoms with van der Waals surface area (Å²) in [6, 6.07) is 7.34. The maximum absolute atomic E-state index is 12.4. The van der Waals surface area contributed by atoms with Crippen LogP contribution in [-0.2, 0) is 10.0 Å². The molecule has 3 nitrogen and oxygen atoms in total. The van der Waals surface area contributed by atoms with Crippen LogP contribution in [0.25, 0.3) is 0 Å². The molecule has 98 valence electrons. The van der Waals surface area contributed by atoms with Crippen LogP contribution in [0.1, 0.15) is 31.2 Å². The molecule has 2 aliphatic rings. The van der Waals surface area contributed by atoms with Crippen molar-refractivity contribution in [2.24, 2.45) is 11.8 Å². The molecule has 1 aromatic carbocycles. The van der Waals surface area contributed by atoms with E-state index in [0.29, 0.717) is 10.8 Å². The van der Waals surface area contributed by atoms with E-state index in [1.54, 1.807) is 12.1 Å². The van der Waals surface area contributed by atoms with Gasteiger partial charge >= 0.3 is 0 Å². The lowest BCUT2D eigenvalue weighted by atomic mass is 9.96. The van der Waals surface area contributed by atoms with Gasteiger partial charge in [0.2, 0.25) is 10.0 Å². The Labute approximate surface area is 109 Å². The summed E-state index contributed by atoms with van der Waals surface area (Å²) in [6.45, 7) is 1.84. The van der Waals surface area contributed by atoms with Crippen molar-refractivity contribution in [3.8, 4) is 0 Å². The Hall–Kier alpha value is -0.870. The molecule has 2 bridgehead atoms. The lowest BCUT2D eigenvalue weighted by Gasteiger charge is -2.23. The average Bonchev–Trinajstić information content (AvgIpc) is 2.90. The first-order valence-electron chi connectivity index (χ1n) is 6.64. The fourth-order valence-corrected chi connectivity index (χ4v) is 5.07. The fourth-order valence-electron chi connectivity index (χ4n) is 3.51. The minimum Gasteiger partial charge on any atom is -0.208 e. The molecule has 3 rings (SSSR count). The minimum atomic E-state index is -3.35. The molecular formula is C14H19NO2S. The zero-order valence-corrected chi connectivity index (χ0v) is 11.4. The van der Waals surface area contributed by atoms with Crippen molar-refractivity contribution in [1.29, 1.82) is 0 Å². The van der Waals surface area contributed by atoms with Crippen LogP contribution in [0.3, 0.4) is 0 Å². The number of sulfonamides is 1. The zero-order valence-electron chi connectivity index (χ0n) is 10.6. The van der Waals surface area contributed by atoms with E-state index in [4.69, 9.17) is 0 Å². The third-order valence-corrected chi connectivity index (χ3v) is 6.08. The highest BCUT2D eigenvalue weighted by atomic mass is 32.2. The number of benzene rings is 1. The van der Waals surface area contributed by atoms with Gasteiger partial charge in [-0.3, -0.25) is 0 Å². The van der Waals surface area contributed by atoms with Gasteiger partial charge in [-0.2, -0.15) is 0 Å². The van der Waals surface area contributed by atoms with Gasteiger partial charge < -0.3 is 0 Å². The van der Waals surface area contributed by atoms with Gasteiger partial charge in [-0.05, 0) is 49.7 Å². The SMILES string of the molecule is Cc1ccccc1S(=O)(=O)N[C@H]1C[C@@H]2CC[C@H]1C2. The molecule has 0 radical (unpaired) electrons. The quantitative estimate of drug-likeness (QED) is 0.912. The zero-order chi connectivity index (χ0) is 12.8. The third kappa shape index (κ3) is 2.08. The van der Waals surface area contributed by atoms with Crippen molar-refractivity contribution >= 4 is 10.0 Å². The Morgan fingerprint density at radius 2 is 1.94 bits per heavy atom. The van der Waals surface area contributed by atoms with E-state index < -0.39 is 10.0 Å². The molecule has 0 amide bonds. The van der Waals surface area contributed by atoms with Crippen LogP contribution >= 0.6 is 0 Å². The number of rotatable bonds is 3. The van der Waals surface area contributed by atoms with E-state index in [0.717, 1.165) is 17.9 Å². The average molecular weight is 265 g/mol. The van der Waals surface area contributed by atoms with E-state index in [9.17, 15) is 8.42 Å². The van der Waals surface area contributed by atoms with Crippen molar-refractivity contribution in [2.75, 3.05) is 0 Å². The Morgan fingerprint density at radius 3 is 2.56 bits per heavy atom. The molecule has 3 atom stereocenters. The van der Waals surface area contributed by atoms with Gasteiger partial charge in [-0.25, -0.2) is 13.1 Å². The number of aryl methyl sites for hydroxylation is 1. The maximum atomic E-state index is 12.4. The Bertz CT molecular complexity index is 553. The highest BCUT2D eigenvalue weighted by Crippen LogP contribution is 2.44. The number of hydrogen-bond donors (Lipinski definition) is 1. The summed E-state index contributed by atoms with van der Waals surface area (Å²) in [5.74, 6) is 1.31. The van der Waals surface area contributed by atoms with Crippen LogP contribution in [0.5, 0.6) is 0 Å². The van der Waals surface area contributed by atoms with Crippen LogP contribution in [0.2, 0.25) is 0 Å². The molecular weight excluding hydrogens is 246 g/mol. The molecule has 0 aliphatic heterocycles. The van der Waals surface area contributed by atoms with E-state index >= 15 is 0 Å². The number of nitrogens with one attached hydrogen (secondary N) is 1. The highest BCUT2D eigenvalue weighted by Gasteiger charge is 2.41. The van der Waals surface area contributed by atoms with E-state index in [1.165, 1.54) is 19.3 Å². The van der Waals surface area contributed by atoms with Crippen LogP contribution < -0.4 is 4.72 Å². The van der Waals surface area contributed by atoms with Gasteiger partial charge in [-0.1, -0.05) is 24.6 Å². The summed E-state index contributed by atoms with van der Waals surface area (Å²) in [6.07, 6.45) is 4.70. The topological polar surface area (TPSA) is 46.2 Å². The van der Waals surface area contributed by atoms with Gasteiger partial charge in [0.15, 0.2) is 0 Å². The van der Waals surface area contributed by atoms with Crippen LogP contribution in [0.4, 0.5) is 0 Å². The molecule has 4 heteroatoms. The first kappa shape index (κ1) is 12.2. The molecule has 1 N–H and O–H groups in total. The largest absolute Gasteiger partial charge is 0.241 e. The lowest BCUT2D eigenvalue weighted by molar-refractivity contribution is 0.390. The number of fused-ring (bicyclic) bond motifs is 2. The molecule has 0 spiro atoms. The smallest absolute Gasteiger partial charge is 0.208 e. The van der Waals surface area contributed by atoms with Gasteiger partial charge in [0.05, 0.1) is 4.90 Å². The predicted octanol–water partition coefficient (Wildman–Crippen LogP) is 2.46. The predicted molar refractivity (Wildman–Crippen MR) is 70.7 cm³/mol. The summed E-state index contributed by atoms with van der Waals surface area (Å²) >= 11 is 0. The van der Waals surface area contributed by atoms with Gasteiger partial charge in [-0.15, -0.1) is 0 Å². The molecule has 2 aliphatic carbocycles. The molecule has 0 saturated heterocycles. The first-order chi connectivity index (χ1) is 8.56. The van der Waals surface area contributed by atoms with E-state index in [1.807, 2.05) is 19.1 Å². The Balaban J connectivity index is 1.82. The van der Waals surface area contributed by atoms with Crippen LogP contribution in [0, 0.1) is 18.8 Å². The van der Waals surface area contributed by atoms with Crippen LogP contribution in [-0.4, -0.2) is 14.5 Å². The summed E-state index contributed by atoms with van der Waals surface area (Å²) < 4.78 is 27.7. The summed E-state index contributed by atoms with van der Waals surface area (Å²) in [4.78, 5) is 0.424. The normalized spacial score (nSPS) is 30.8. The Kier molecular flexibility index (Phi) is 2.94. The van der Waals surface area contributed by atoms with Crippen LogP contribution in [0.15, 0.2) is 29.2 Å². The number of hydrogen-bond acceptors (Lipinski definition) is 2. The maximum Gasteiger partial charge on any atom is 0.241 e. The van der Waals surface area contributed by atoms with E-state index in [2.05, 4.69) is 4.72 Å². The Morgan fingerprint density at radius 1 is 1.17 bits per heavy atom. The third-order valence-electron chi connectivity index (χ3n) is 4.43. The van der Waals surface area contributed by atoms with Crippen molar-refractivity contribution in [1.82, 2.24) is 4.72 Å². The highest BCUT2D eigenvalue weighted by molar-refractivity contribution is 7.89. The second-order valence-electron chi connectivity index (χ2n) is 5.67. The van der Waals surface area contributed by atoms with E-state index in [-0.39, 0.29) is 6.04 Å².